The molecular formula is C73H81FN8O15. The fourth-order valence-electron chi connectivity index (χ4n) is 12.9. The maximum absolute atomic E-state index is 15.5. The molecule has 4 aromatic carbocycles. The Hall–Kier alpha value is -9.67. The Bertz CT molecular complexity index is 4140. The number of pyridine rings is 2. The number of alkyl carbamates (subject to hydrolysis) is 1. The number of aliphatic hydroxyl groups is 1. The molecule has 0 saturated carbocycles. The number of anilines is 1. The average Bonchev–Trinajstić information content (AvgIpc) is 1.62. The lowest BCUT2D eigenvalue weighted by atomic mass is 9.81. The molecule has 5 unspecified atom stereocenters. The van der Waals surface area contributed by atoms with Crippen LogP contribution in [0, 0.1) is 30.5 Å². The summed E-state index contributed by atoms with van der Waals surface area (Å²) in [6.07, 6.45) is 1.90. The van der Waals surface area contributed by atoms with Crippen molar-refractivity contribution >= 4 is 64.0 Å². The third kappa shape index (κ3) is 16.6. The van der Waals surface area contributed by atoms with Gasteiger partial charge in [-0.15, -0.1) is 0 Å². The van der Waals surface area contributed by atoms with E-state index >= 15 is 4.39 Å². The number of aromatic nitrogens is 2. The number of benzene rings is 4. The molecular weight excluding hydrogens is 1250 g/mol. The second kappa shape index (κ2) is 31.9. The van der Waals surface area contributed by atoms with E-state index in [9.17, 15) is 48.3 Å². The standard InChI is InChI=1S/C73H81FN8O15/c1-5-73(92)55-37-60-66-53(39-82(60)69(88)54(55)41-96-70(73)89)64-57(26-25-50-43(4)56(74)38-59(78-66)63(50)64)80-72(91)97-40-44-18-22-48(23-19-44)77-67(86)58(17-10-29-76-71(75)90)79-68(87)65(42(2)3)81-62(85)28-31-94-33-35-95-34-32-93-30-11-15-49(83)24-27-61(84)52-36-47-14-7-6-12-45(47)20-21-46-13-8-9-16-51(46)52/h6-9,12-14,16,18-19,22-23,37-38,42,52,57-58,65,92H,5,10-11,15,17,24-36,39-41H2,1-4H3,(H,77,86)(H,79,87)(H,80,91)(H,81,85)(H3,75,76,90). The van der Waals surface area contributed by atoms with E-state index in [4.69, 9.17) is 34.4 Å². The highest BCUT2D eigenvalue weighted by atomic mass is 19.1. The summed E-state index contributed by atoms with van der Waals surface area (Å²) in [6, 6.07) is 21.4. The van der Waals surface area contributed by atoms with Gasteiger partial charge in [0.1, 0.15) is 42.7 Å². The number of carbonyl (C=O) groups excluding carboxylic acids is 8. The molecule has 0 radical (unpaired) electrons. The number of aryl methyl sites for hydroxylation is 1. The number of nitrogens with two attached hydrogens (primary N) is 1. The highest BCUT2D eigenvalue weighted by Gasteiger charge is 2.46. The Morgan fingerprint density at radius 1 is 0.825 bits per heavy atom. The summed E-state index contributed by atoms with van der Waals surface area (Å²) >= 11 is 0. The number of hydrogen-bond donors (Lipinski definition) is 7. The van der Waals surface area contributed by atoms with E-state index in [0.29, 0.717) is 95.5 Å². The number of ketones is 2. The third-order valence-corrected chi connectivity index (χ3v) is 18.2. The van der Waals surface area contributed by atoms with Crippen molar-refractivity contribution in [3.63, 3.8) is 0 Å². The monoisotopic (exact) mass is 1330 g/mol. The van der Waals surface area contributed by atoms with Crippen molar-refractivity contribution in [3.05, 3.63) is 162 Å². The molecule has 4 heterocycles. The smallest absolute Gasteiger partial charge is 0.407 e. The second-order valence-electron chi connectivity index (χ2n) is 25.0. The number of esters is 1. The second-order valence-corrected chi connectivity index (χ2v) is 25.0. The van der Waals surface area contributed by atoms with Crippen molar-refractivity contribution in [1.29, 1.82) is 0 Å². The molecule has 0 bridgehead atoms. The number of Topliss-reactive ketones (excluding diaryl/α,β-unsaturated/α-hetero) is 2. The van der Waals surface area contributed by atoms with Crippen molar-refractivity contribution in [2.45, 2.75) is 148 Å². The van der Waals surface area contributed by atoms with Gasteiger partial charge in [0.15, 0.2) is 5.60 Å². The van der Waals surface area contributed by atoms with Crippen LogP contribution in [-0.2, 0) is 90.7 Å². The SMILES string of the molecule is CCC1(O)C(=O)OCc2c1cc1n(c2=O)Cc2c-1nc1cc(F)c(C)c3c1c2C(NC(=O)OCc1ccc(NC(=O)C(CCCNC(N)=O)NC(=O)C(NC(=O)CCOCCOCCOCCCC(=O)CCC(=O)C2Cc4ccccc4C#Cc4ccccc42)C(C)C)cc1)CC3. The highest BCUT2D eigenvalue weighted by molar-refractivity contribution is 5.99. The fourth-order valence-corrected chi connectivity index (χ4v) is 12.9. The van der Waals surface area contributed by atoms with Crippen molar-refractivity contribution in [2.75, 3.05) is 51.5 Å². The molecule has 0 spiro atoms. The minimum atomic E-state index is -2.05. The number of carbonyl (C=O) groups is 8. The molecule has 5 atom stereocenters. The zero-order valence-corrected chi connectivity index (χ0v) is 54.8. The highest BCUT2D eigenvalue weighted by Crippen LogP contribution is 2.46. The Kier molecular flexibility index (Phi) is 23.1. The lowest BCUT2D eigenvalue weighted by molar-refractivity contribution is -0.172. The summed E-state index contributed by atoms with van der Waals surface area (Å²) in [7, 11) is 0. The Labute approximate surface area is 560 Å². The zero-order valence-electron chi connectivity index (χ0n) is 54.8. The van der Waals surface area contributed by atoms with Gasteiger partial charge < -0.3 is 65.7 Å². The van der Waals surface area contributed by atoms with Gasteiger partial charge in [0, 0.05) is 84.1 Å². The normalized spacial score (nSPS) is 16.8. The number of hydrogen-bond acceptors (Lipinski definition) is 16. The first-order valence-electron chi connectivity index (χ1n) is 33.0. The van der Waals surface area contributed by atoms with Gasteiger partial charge in [-0.2, -0.15) is 0 Å². The van der Waals surface area contributed by atoms with Gasteiger partial charge in [-0.3, -0.25) is 28.8 Å². The van der Waals surface area contributed by atoms with Crippen LogP contribution in [0.2, 0.25) is 0 Å². The van der Waals surface area contributed by atoms with Crippen LogP contribution < -0.4 is 37.9 Å². The summed E-state index contributed by atoms with van der Waals surface area (Å²) < 4.78 is 44.8. The number of amides is 6. The van der Waals surface area contributed by atoms with E-state index in [-0.39, 0.29) is 120 Å². The summed E-state index contributed by atoms with van der Waals surface area (Å²) in [5, 5.41) is 25.9. The third-order valence-electron chi connectivity index (χ3n) is 18.2. The fraction of sp³-hybridized carbons (Fsp3) is 0.425. The minimum Gasteiger partial charge on any atom is -0.458 e. The van der Waals surface area contributed by atoms with Crippen LogP contribution in [0.3, 0.4) is 0 Å². The number of nitrogens with one attached hydrogen (secondary N) is 5. The number of nitrogens with zero attached hydrogens (tertiary/aromatic N) is 2. The predicted molar refractivity (Wildman–Crippen MR) is 355 cm³/mol. The van der Waals surface area contributed by atoms with Gasteiger partial charge in [0.2, 0.25) is 17.7 Å². The van der Waals surface area contributed by atoms with E-state index < -0.39 is 76.8 Å². The molecule has 6 amide bonds. The van der Waals surface area contributed by atoms with Crippen molar-refractivity contribution in [3.8, 4) is 23.2 Å². The number of urea groups is 1. The van der Waals surface area contributed by atoms with Gasteiger partial charge in [-0.05, 0) is 121 Å². The van der Waals surface area contributed by atoms with Crippen LogP contribution in [0.5, 0.6) is 0 Å². The summed E-state index contributed by atoms with van der Waals surface area (Å²) in [6.45, 7) is 7.89. The molecule has 2 aliphatic carbocycles. The van der Waals surface area contributed by atoms with Gasteiger partial charge in [-0.1, -0.05) is 81.1 Å². The number of halogens is 1. The van der Waals surface area contributed by atoms with Crippen LogP contribution in [0.25, 0.3) is 22.3 Å². The van der Waals surface area contributed by atoms with Crippen LogP contribution in [0.4, 0.5) is 19.7 Å². The molecule has 24 heteroatoms. The average molecular weight is 1330 g/mol. The van der Waals surface area contributed by atoms with Crippen LogP contribution >= 0.6 is 0 Å². The number of primary amides is 1. The van der Waals surface area contributed by atoms with E-state index in [1.54, 1.807) is 58.0 Å². The molecule has 0 saturated heterocycles. The molecule has 97 heavy (non-hydrogen) atoms. The Balaban J connectivity index is 0.642. The first-order valence-corrected chi connectivity index (χ1v) is 33.0. The Morgan fingerprint density at radius 2 is 1.54 bits per heavy atom. The number of cyclic esters (lactones) is 1. The van der Waals surface area contributed by atoms with E-state index in [0.717, 1.165) is 27.8 Å². The molecule has 2 aromatic heterocycles. The molecule has 4 aliphatic rings. The van der Waals surface area contributed by atoms with Crippen molar-refractivity contribution < 1.29 is 71.5 Å². The van der Waals surface area contributed by atoms with Crippen LogP contribution in [0.15, 0.2) is 89.7 Å². The first kappa shape index (κ1) is 70.1. The summed E-state index contributed by atoms with van der Waals surface area (Å²) in [5.41, 5.74) is 11.1. The topological polar surface area (TPSA) is 324 Å². The number of rotatable bonds is 31. The summed E-state index contributed by atoms with van der Waals surface area (Å²) in [4.78, 5) is 124. The molecule has 0 fully saturated rings. The van der Waals surface area contributed by atoms with Gasteiger partial charge in [0.05, 0.1) is 68.1 Å². The van der Waals surface area contributed by atoms with Crippen LogP contribution in [0.1, 0.15) is 152 Å². The maximum atomic E-state index is 15.5. The number of fused-ring (bicyclic) bond motifs is 7. The lowest BCUT2D eigenvalue weighted by Crippen LogP contribution is -2.54. The maximum Gasteiger partial charge on any atom is 0.407 e. The van der Waals surface area contributed by atoms with Gasteiger partial charge in [-0.25, -0.2) is 23.8 Å². The molecule has 10 rings (SSSR count). The van der Waals surface area contributed by atoms with E-state index in [1.165, 1.54) is 10.6 Å². The molecule has 510 valence electrons. The quantitative estimate of drug-likeness (QED) is 0.0127. The number of ether oxygens (including phenoxy) is 5. The first-order chi connectivity index (χ1) is 46.7. The van der Waals surface area contributed by atoms with Gasteiger partial charge >= 0.3 is 18.1 Å². The largest absolute Gasteiger partial charge is 0.458 e. The molecule has 2 aliphatic heterocycles. The van der Waals surface area contributed by atoms with E-state index in [1.807, 2.05) is 48.5 Å². The van der Waals surface area contributed by atoms with Crippen LogP contribution in [-0.4, -0.2) is 120 Å². The molecule has 8 N–H and O–H groups in total. The van der Waals surface area contributed by atoms with Gasteiger partial charge in [0.25, 0.3) is 5.56 Å². The van der Waals surface area contributed by atoms with E-state index in [2.05, 4.69) is 38.4 Å². The minimum absolute atomic E-state index is 0.00241. The van der Waals surface area contributed by atoms with Crippen molar-refractivity contribution in [2.24, 2.45) is 11.7 Å². The van der Waals surface area contributed by atoms with Crippen molar-refractivity contribution in [1.82, 2.24) is 30.8 Å². The Morgan fingerprint density at radius 3 is 2.28 bits per heavy atom. The molecule has 6 aromatic rings. The zero-order chi connectivity index (χ0) is 68.9. The summed E-state index contributed by atoms with van der Waals surface area (Å²) in [5.74, 6) is 2.74. The lowest BCUT2D eigenvalue weighted by Gasteiger charge is -2.31. The predicted octanol–water partition coefficient (Wildman–Crippen LogP) is 7.33. The molecule has 23 nitrogen and oxygen atoms in total.